The molecule has 3 aromatic rings. The second-order valence-electron chi connectivity index (χ2n) is 9.06. The molecule has 3 heterocycles. The molecule has 0 spiro atoms. The first-order valence-corrected chi connectivity index (χ1v) is 12.0. The summed E-state index contributed by atoms with van der Waals surface area (Å²) in [4.78, 5) is 20.9. The fraction of sp³-hybridized carbons (Fsp3) is 0.400. The van der Waals surface area contributed by atoms with Crippen LogP contribution in [0.4, 0.5) is 11.4 Å². The van der Waals surface area contributed by atoms with Gasteiger partial charge in [-0.15, -0.1) is 11.3 Å². The van der Waals surface area contributed by atoms with Gasteiger partial charge < -0.3 is 16.0 Å². The van der Waals surface area contributed by atoms with Crippen molar-refractivity contribution in [3.63, 3.8) is 0 Å². The summed E-state index contributed by atoms with van der Waals surface area (Å²) in [6, 6.07) is 12.3. The van der Waals surface area contributed by atoms with E-state index >= 15 is 0 Å². The number of fused-ring (bicyclic) bond motifs is 3. The lowest BCUT2D eigenvalue weighted by Crippen LogP contribution is -2.36. The number of hydrogen-bond acceptors (Lipinski definition) is 6. The quantitative estimate of drug-likeness (QED) is 0.612. The fourth-order valence-corrected chi connectivity index (χ4v) is 6.21. The Morgan fingerprint density at radius 1 is 1.28 bits per heavy atom. The number of rotatable bonds is 5. The average molecular weight is 446 g/mol. The number of carbonyl (C=O) groups excluding carboxylic acids is 1. The molecule has 1 aromatic carbocycles. The van der Waals surface area contributed by atoms with Crippen molar-refractivity contribution < 1.29 is 4.79 Å². The van der Waals surface area contributed by atoms with Crippen LogP contribution in [0.1, 0.15) is 45.8 Å². The number of piperidine rings is 1. The van der Waals surface area contributed by atoms with Crippen molar-refractivity contribution in [3.05, 3.63) is 52.0 Å². The van der Waals surface area contributed by atoms with Gasteiger partial charge in [-0.2, -0.15) is 5.26 Å². The molecule has 164 valence electrons. The summed E-state index contributed by atoms with van der Waals surface area (Å²) in [6.07, 6.45) is 4.63. The highest BCUT2D eigenvalue weighted by Crippen LogP contribution is 2.38. The smallest absolute Gasteiger partial charge is 0.263 e. The zero-order valence-electron chi connectivity index (χ0n) is 18.2. The summed E-state index contributed by atoms with van der Waals surface area (Å²) >= 11 is 1.32. The van der Waals surface area contributed by atoms with E-state index in [9.17, 15) is 10.1 Å². The van der Waals surface area contributed by atoms with Crippen LogP contribution in [0.15, 0.2) is 30.3 Å². The Labute approximate surface area is 192 Å². The van der Waals surface area contributed by atoms with Gasteiger partial charge in [0.1, 0.15) is 9.71 Å². The van der Waals surface area contributed by atoms with Gasteiger partial charge in [0.25, 0.3) is 5.91 Å². The average Bonchev–Trinajstić information content (AvgIpc) is 3.31. The SMILES string of the molecule is Cc1ccc2c(N)c(C(=O)NCCc3ccc(N4CC5CCC(C5)C4)cc3C#N)sc2n1. The van der Waals surface area contributed by atoms with Gasteiger partial charge in [0.2, 0.25) is 0 Å². The molecule has 32 heavy (non-hydrogen) atoms. The number of thiophene rings is 1. The van der Waals surface area contributed by atoms with Gasteiger partial charge in [-0.25, -0.2) is 4.98 Å². The van der Waals surface area contributed by atoms with E-state index in [1.165, 1.54) is 30.6 Å². The van der Waals surface area contributed by atoms with Crippen molar-refractivity contribution in [2.45, 2.75) is 32.6 Å². The maximum atomic E-state index is 12.7. The zero-order chi connectivity index (χ0) is 22.2. The summed E-state index contributed by atoms with van der Waals surface area (Å²) in [5.41, 5.74) is 10.4. The first-order valence-electron chi connectivity index (χ1n) is 11.2. The molecule has 1 aliphatic heterocycles. The number of carbonyl (C=O) groups is 1. The normalized spacial score (nSPS) is 19.8. The molecule has 1 saturated carbocycles. The van der Waals surface area contributed by atoms with Gasteiger partial charge in [-0.1, -0.05) is 6.07 Å². The third-order valence-electron chi connectivity index (χ3n) is 6.81. The maximum Gasteiger partial charge on any atom is 0.263 e. The van der Waals surface area contributed by atoms with Crippen molar-refractivity contribution in [2.24, 2.45) is 11.8 Å². The molecule has 1 amide bonds. The Hall–Kier alpha value is -3.11. The molecular weight excluding hydrogens is 418 g/mol. The third kappa shape index (κ3) is 3.91. The molecule has 2 atom stereocenters. The van der Waals surface area contributed by atoms with Crippen LogP contribution < -0.4 is 16.0 Å². The van der Waals surface area contributed by atoms with E-state index in [1.54, 1.807) is 0 Å². The molecule has 6 nitrogen and oxygen atoms in total. The monoisotopic (exact) mass is 445 g/mol. The number of benzene rings is 1. The van der Waals surface area contributed by atoms with E-state index in [1.807, 2.05) is 31.2 Å². The Balaban J connectivity index is 1.24. The minimum absolute atomic E-state index is 0.193. The molecule has 2 aliphatic rings. The first-order chi connectivity index (χ1) is 15.5. The number of aromatic nitrogens is 1. The summed E-state index contributed by atoms with van der Waals surface area (Å²) in [5, 5.41) is 13.5. The van der Waals surface area contributed by atoms with Crippen LogP contribution in [0, 0.1) is 30.1 Å². The Morgan fingerprint density at radius 3 is 2.81 bits per heavy atom. The Bertz CT molecular complexity index is 1220. The van der Waals surface area contributed by atoms with Crippen LogP contribution in [0.25, 0.3) is 10.2 Å². The van der Waals surface area contributed by atoms with E-state index < -0.39 is 0 Å². The van der Waals surface area contributed by atoms with E-state index in [0.717, 1.165) is 52.1 Å². The number of nitrogens with two attached hydrogens (primary N) is 1. The molecular formula is C25H27N5OS. The molecule has 3 N–H and O–H groups in total. The summed E-state index contributed by atoms with van der Waals surface area (Å²) in [5.74, 6) is 1.41. The molecule has 1 aliphatic carbocycles. The van der Waals surface area contributed by atoms with E-state index in [4.69, 9.17) is 5.73 Å². The second-order valence-corrected chi connectivity index (χ2v) is 10.1. The first kappa shape index (κ1) is 20.8. The van der Waals surface area contributed by atoms with Gasteiger partial charge >= 0.3 is 0 Å². The highest BCUT2D eigenvalue weighted by molar-refractivity contribution is 7.21. The number of anilines is 2. The van der Waals surface area contributed by atoms with Crippen LogP contribution in [0.5, 0.6) is 0 Å². The number of nitrogens with zero attached hydrogens (tertiary/aromatic N) is 3. The third-order valence-corrected chi connectivity index (χ3v) is 7.92. The second kappa shape index (κ2) is 8.44. The van der Waals surface area contributed by atoms with Crippen LogP contribution in [0.3, 0.4) is 0 Å². The van der Waals surface area contributed by atoms with E-state index in [0.29, 0.717) is 29.1 Å². The number of hydrogen-bond donors (Lipinski definition) is 2. The maximum absolute atomic E-state index is 12.7. The summed E-state index contributed by atoms with van der Waals surface area (Å²) in [7, 11) is 0. The number of pyridine rings is 1. The largest absolute Gasteiger partial charge is 0.397 e. The highest BCUT2D eigenvalue weighted by atomic mass is 32.1. The lowest BCUT2D eigenvalue weighted by molar-refractivity contribution is 0.0959. The van der Waals surface area contributed by atoms with Crippen LogP contribution >= 0.6 is 11.3 Å². The predicted octanol–water partition coefficient (Wildman–Crippen LogP) is 4.27. The molecule has 2 aromatic heterocycles. The van der Waals surface area contributed by atoms with Crippen molar-refractivity contribution in [3.8, 4) is 6.07 Å². The number of nitrogen functional groups attached to an aromatic ring is 1. The summed E-state index contributed by atoms with van der Waals surface area (Å²) < 4.78 is 0. The van der Waals surface area contributed by atoms with Crippen molar-refractivity contribution in [1.29, 1.82) is 5.26 Å². The fourth-order valence-electron chi connectivity index (χ4n) is 5.15. The van der Waals surface area contributed by atoms with E-state index in [-0.39, 0.29) is 5.91 Å². The molecule has 5 rings (SSSR count). The van der Waals surface area contributed by atoms with E-state index in [2.05, 4.69) is 27.3 Å². The molecule has 1 saturated heterocycles. The van der Waals surface area contributed by atoms with Crippen LogP contribution in [0.2, 0.25) is 0 Å². The van der Waals surface area contributed by atoms with Crippen molar-refractivity contribution in [2.75, 3.05) is 30.3 Å². The predicted molar refractivity (Wildman–Crippen MR) is 129 cm³/mol. The van der Waals surface area contributed by atoms with Crippen LogP contribution in [-0.2, 0) is 6.42 Å². The van der Waals surface area contributed by atoms with Crippen molar-refractivity contribution >= 4 is 38.8 Å². The van der Waals surface area contributed by atoms with Gasteiger partial charge in [0.05, 0.1) is 17.3 Å². The molecule has 7 heteroatoms. The molecule has 2 unspecified atom stereocenters. The minimum Gasteiger partial charge on any atom is -0.397 e. The number of aryl methyl sites for hydroxylation is 1. The van der Waals surface area contributed by atoms with Crippen LogP contribution in [-0.4, -0.2) is 30.5 Å². The topological polar surface area (TPSA) is 95.0 Å². The molecule has 2 fully saturated rings. The van der Waals surface area contributed by atoms with Gasteiger partial charge in [-0.3, -0.25) is 4.79 Å². The van der Waals surface area contributed by atoms with Gasteiger partial charge in [-0.05, 0) is 74.3 Å². The zero-order valence-corrected chi connectivity index (χ0v) is 19.0. The minimum atomic E-state index is -0.193. The molecule has 0 radical (unpaired) electrons. The highest BCUT2D eigenvalue weighted by Gasteiger charge is 2.33. The lowest BCUT2D eigenvalue weighted by Gasteiger charge is -2.34. The number of amides is 1. The van der Waals surface area contributed by atoms with Crippen molar-refractivity contribution in [1.82, 2.24) is 10.3 Å². The standard InChI is InChI=1S/C25H27N5OS/c1-15-2-7-21-22(27)23(32-25(21)29-15)24(31)28-9-8-18-5-6-20(11-19(18)12-26)30-13-16-3-4-17(10-16)14-30/h2,5-7,11,16-17H,3-4,8-10,13-14,27H2,1H3,(H,28,31). The van der Waals surface area contributed by atoms with Gasteiger partial charge in [0, 0.05) is 36.4 Å². The Kier molecular flexibility index (Phi) is 5.48. The number of nitrogens with one attached hydrogen (secondary N) is 1. The lowest BCUT2D eigenvalue weighted by atomic mass is 9.97. The Morgan fingerprint density at radius 2 is 2.06 bits per heavy atom. The van der Waals surface area contributed by atoms with Gasteiger partial charge in [0.15, 0.2) is 0 Å². The molecule has 2 bridgehead atoms. The summed E-state index contributed by atoms with van der Waals surface area (Å²) in [6.45, 7) is 4.56. The number of nitriles is 1.